The van der Waals surface area contributed by atoms with E-state index in [-0.39, 0.29) is 37.2 Å². The number of likely N-dealkylation sites (tertiary alicyclic amines) is 1. The van der Waals surface area contributed by atoms with Crippen LogP contribution in [0, 0.1) is 17.8 Å². The summed E-state index contributed by atoms with van der Waals surface area (Å²) in [4.78, 5) is 30.8. The van der Waals surface area contributed by atoms with E-state index in [9.17, 15) is 9.59 Å². The standard InChI is InChI=1S/C29H42N2O5/c1-5-9-12-13-24-28(29(33)34-8-4)23(22-14-15-25-26(18-22)36-21-35-25)19-31(24)20-27(32)30(16-10-6-2)17-11-7-3/h14-15,18,23-24,28H,5-11,16-17,19-21H2,1-4H3. The Morgan fingerprint density at radius 3 is 2.44 bits per heavy atom. The monoisotopic (exact) mass is 498 g/mol. The molecule has 2 heterocycles. The van der Waals surface area contributed by atoms with Crippen LogP contribution in [0.2, 0.25) is 0 Å². The summed E-state index contributed by atoms with van der Waals surface area (Å²) in [7, 11) is 0. The molecule has 3 rings (SSSR count). The molecule has 7 nitrogen and oxygen atoms in total. The van der Waals surface area contributed by atoms with Crippen molar-refractivity contribution in [2.75, 3.05) is 39.6 Å². The first-order chi connectivity index (χ1) is 17.5. The topological polar surface area (TPSA) is 68.3 Å². The molecule has 0 radical (unpaired) electrons. The molecule has 0 aliphatic carbocycles. The fourth-order valence-electron chi connectivity index (χ4n) is 4.89. The van der Waals surface area contributed by atoms with Crippen molar-refractivity contribution in [1.82, 2.24) is 9.80 Å². The molecule has 1 saturated heterocycles. The lowest BCUT2D eigenvalue weighted by Gasteiger charge is -2.27. The number of unbranched alkanes of at least 4 members (excludes halogenated alkanes) is 3. The second kappa shape index (κ2) is 14.1. The van der Waals surface area contributed by atoms with Gasteiger partial charge in [-0.15, -0.1) is 5.92 Å². The highest BCUT2D eigenvalue weighted by molar-refractivity contribution is 5.80. The Labute approximate surface area is 216 Å². The summed E-state index contributed by atoms with van der Waals surface area (Å²) in [5.74, 6) is 7.19. The van der Waals surface area contributed by atoms with E-state index in [2.05, 4.69) is 37.5 Å². The normalized spacial score (nSPS) is 20.6. The van der Waals surface area contributed by atoms with E-state index in [0.29, 0.717) is 24.7 Å². The van der Waals surface area contributed by atoms with Crippen LogP contribution in [0.25, 0.3) is 0 Å². The van der Waals surface area contributed by atoms with Gasteiger partial charge in [0, 0.05) is 32.0 Å². The van der Waals surface area contributed by atoms with E-state index >= 15 is 0 Å². The molecule has 2 aliphatic rings. The molecule has 198 valence electrons. The first-order valence-electron chi connectivity index (χ1n) is 13.6. The van der Waals surface area contributed by atoms with Crippen molar-refractivity contribution in [1.29, 1.82) is 0 Å². The molecule has 0 N–H and O–H groups in total. The van der Waals surface area contributed by atoms with Gasteiger partial charge in [-0.2, -0.15) is 0 Å². The quantitative estimate of drug-likeness (QED) is 0.310. The van der Waals surface area contributed by atoms with E-state index in [4.69, 9.17) is 14.2 Å². The third-order valence-corrected chi connectivity index (χ3v) is 6.86. The molecule has 1 fully saturated rings. The molecule has 7 heteroatoms. The zero-order valence-electron chi connectivity index (χ0n) is 22.4. The minimum atomic E-state index is -0.484. The summed E-state index contributed by atoms with van der Waals surface area (Å²) < 4.78 is 16.6. The van der Waals surface area contributed by atoms with Gasteiger partial charge >= 0.3 is 5.97 Å². The summed E-state index contributed by atoms with van der Waals surface area (Å²) in [6.07, 6.45) is 5.75. The Balaban J connectivity index is 1.91. The van der Waals surface area contributed by atoms with Gasteiger partial charge in [-0.1, -0.05) is 45.6 Å². The van der Waals surface area contributed by atoms with Gasteiger partial charge < -0.3 is 19.1 Å². The molecular formula is C29H42N2O5. The highest BCUT2D eigenvalue weighted by Crippen LogP contribution is 2.42. The number of hydrogen-bond donors (Lipinski definition) is 0. The van der Waals surface area contributed by atoms with Crippen molar-refractivity contribution in [3.05, 3.63) is 23.8 Å². The smallest absolute Gasteiger partial charge is 0.312 e. The van der Waals surface area contributed by atoms with Crippen LogP contribution in [-0.2, 0) is 14.3 Å². The Morgan fingerprint density at radius 1 is 1.06 bits per heavy atom. The molecule has 0 bridgehead atoms. The number of ether oxygens (including phenoxy) is 3. The molecular weight excluding hydrogens is 456 g/mol. The fourth-order valence-corrected chi connectivity index (χ4v) is 4.89. The highest BCUT2D eigenvalue weighted by Gasteiger charge is 2.47. The molecule has 1 amide bonds. The average molecular weight is 499 g/mol. The molecule has 3 atom stereocenters. The second-order valence-corrected chi connectivity index (χ2v) is 9.53. The first-order valence-corrected chi connectivity index (χ1v) is 13.6. The van der Waals surface area contributed by atoms with E-state index in [1.807, 2.05) is 30.0 Å². The number of benzene rings is 1. The maximum Gasteiger partial charge on any atom is 0.312 e. The Hall–Kier alpha value is -2.72. The van der Waals surface area contributed by atoms with Gasteiger partial charge in [-0.05, 0) is 43.9 Å². The number of esters is 1. The van der Waals surface area contributed by atoms with Crippen molar-refractivity contribution in [2.24, 2.45) is 5.92 Å². The van der Waals surface area contributed by atoms with Crippen molar-refractivity contribution in [2.45, 2.75) is 78.2 Å². The van der Waals surface area contributed by atoms with Crippen LogP contribution in [-0.4, -0.2) is 67.3 Å². The lowest BCUT2D eigenvalue weighted by Crippen LogP contribution is -2.44. The Kier molecular flexibility index (Phi) is 10.9. The van der Waals surface area contributed by atoms with Crippen LogP contribution < -0.4 is 9.47 Å². The Morgan fingerprint density at radius 2 is 1.78 bits per heavy atom. The zero-order chi connectivity index (χ0) is 25.9. The molecule has 36 heavy (non-hydrogen) atoms. The molecule has 1 aromatic rings. The number of hydrogen-bond acceptors (Lipinski definition) is 6. The van der Waals surface area contributed by atoms with E-state index in [1.165, 1.54) is 0 Å². The lowest BCUT2D eigenvalue weighted by molar-refractivity contribution is -0.149. The molecule has 1 aromatic carbocycles. The maximum absolute atomic E-state index is 13.5. The van der Waals surface area contributed by atoms with Gasteiger partial charge in [0.2, 0.25) is 12.7 Å². The predicted octanol–water partition coefficient (Wildman–Crippen LogP) is 4.59. The van der Waals surface area contributed by atoms with Crippen LogP contribution in [0.5, 0.6) is 11.5 Å². The molecule has 3 unspecified atom stereocenters. The largest absolute Gasteiger partial charge is 0.466 e. The molecule has 0 spiro atoms. The predicted molar refractivity (Wildman–Crippen MR) is 140 cm³/mol. The molecule has 0 aromatic heterocycles. The van der Waals surface area contributed by atoms with Gasteiger partial charge in [0.05, 0.1) is 25.1 Å². The number of rotatable bonds is 12. The van der Waals surface area contributed by atoms with Gasteiger partial charge in [0.15, 0.2) is 11.5 Å². The summed E-state index contributed by atoms with van der Waals surface area (Å²) in [5.41, 5.74) is 0.975. The molecule has 2 aliphatic heterocycles. The lowest BCUT2D eigenvalue weighted by atomic mass is 9.85. The SMILES string of the molecule is CCCC#CC1C(C(=O)OCC)C(c2ccc3c(c2)OCO3)CN1CC(=O)N(CCCC)CCCC. The van der Waals surface area contributed by atoms with Crippen molar-refractivity contribution < 1.29 is 23.8 Å². The third-order valence-electron chi connectivity index (χ3n) is 6.86. The van der Waals surface area contributed by atoms with Crippen LogP contribution in [0.4, 0.5) is 0 Å². The zero-order valence-corrected chi connectivity index (χ0v) is 22.4. The fraction of sp³-hybridized carbons (Fsp3) is 0.655. The number of amides is 1. The minimum absolute atomic E-state index is 0.105. The average Bonchev–Trinajstić information content (AvgIpc) is 3.48. The number of carbonyl (C=O) groups excluding carboxylic acids is 2. The van der Waals surface area contributed by atoms with Crippen LogP contribution in [0.1, 0.15) is 77.7 Å². The minimum Gasteiger partial charge on any atom is -0.466 e. The summed E-state index contributed by atoms with van der Waals surface area (Å²) in [6.45, 7) is 11.0. The number of fused-ring (bicyclic) bond motifs is 1. The van der Waals surface area contributed by atoms with E-state index < -0.39 is 5.92 Å². The van der Waals surface area contributed by atoms with Crippen LogP contribution >= 0.6 is 0 Å². The van der Waals surface area contributed by atoms with Gasteiger partial charge in [0.1, 0.15) is 0 Å². The maximum atomic E-state index is 13.5. The number of carbonyl (C=O) groups is 2. The summed E-state index contributed by atoms with van der Waals surface area (Å²) in [5, 5.41) is 0. The van der Waals surface area contributed by atoms with Crippen molar-refractivity contribution >= 4 is 11.9 Å². The van der Waals surface area contributed by atoms with Crippen molar-refractivity contribution in [3.8, 4) is 23.3 Å². The number of nitrogens with zero attached hydrogens (tertiary/aromatic N) is 2. The first kappa shape index (κ1) is 27.9. The van der Waals surface area contributed by atoms with Gasteiger partial charge in [-0.25, -0.2) is 0 Å². The highest BCUT2D eigenvalue weighted by atomic mass is 16.7. The van der Waals surface area contributed by atoms with Crippen LogP contribution in [0.15, 0.2) is 18.2 Å². The molecule has 0 saturated carbocycles. The third kappa shape index (κ3) is 6.94. The van der Waals surface area contributed by atoms with Gasteiger partial charge in [-0.3, -0.25) is 14.5 Å². The van der Waals surface area contributed by atoms with Gasteiger partial charge in [0.25, 0.3) is 0 Å². The summed E-state index contributed by atoms with van der Waals surface area (Å²) >= 11 is 0. The van der Waals surface area contributed by atoms with E-state index in [1.54, 1.807) is 0 Å². The van der Waals surface area contributed by atoms with E-state index in [0.717, 1.165) is 57.2 Å². The Bertz CT molecular complexity index is 929. The van der Waals surface area contributed by atoms with Crippen LogP contribution in [0.3, 0.4) is 0 Å². The second-order valence-electron chi connectivity index (χ2n) is 9.53. The summed E-state index contributed by atoms with van der Waals surface area (Å²) in [6, 6.07) is 5.45. The van der Waals surface area contributed by atoms with Crippen molar-refractivity contribution in [3.63, 3.8) is 0 Å².